The maximum atomic E-state index is 12.3. The molecule has 0 aliphatic carbocycles. The van der Waals surface area contributed by atoms with Crippen molar-refractivity contribution in [3.63, 3.8) is 0 Å². The Morgan fingerprint density at radius 2 is 1.79 bits per heavy atom. The van der Waals surface area contributed by atoms with Crippen LogP contribution in [0.25, 0.3) is 0 Å². The Hall–Kier alpha value is -2.48. The summed E-state index contributed by atoms with van der Waals surface area (Å²) in [6.07, 6.45) is 0.285. The maximum Gasteiger partial charge on any atom is 0.317 e. The van der Waals surface area contributed by atoms with Crippen LogP contribution in [0.3, 0.4) is 0 Å². The number of rotatable bonds is 5. The van der Waals surface area contributed by atoms with Crippen molar-refractivity contribution >= 4 is 11.9 Å². The highest BCUT2D eigenvalue weighted by Gasteiger charge is 2.22. The lowest BCUT2D eigenvalue weighted by Crippen LogP contribution is -2.52. The molecule has 2 heterocycles. The van der Waals surface area contributed by atoms with Gasteiger partial charge in [0.05, 0.1) is 0 Å². The molecule has 0 atom stereocenters. The normalized spacial score (nSPS) is 16.8. The quantitative estimate of drug-likeness (QED) is 0.797. The molecule has 0 saturated carbocycles. The summed E-state index contributed by atoms with van der Waals surface area (Å²) in [4.78, 5) is 28.2. The highest BCUT2D eigenvalue weighted by molar-refractivity contribution is 5.78. The van der Waals surface area contributed by atoms with E-state index in [9.17, 15) is 9.59 Å². The van der Waals surface area contributed by atoms with Crippen LogP contribution in [-0.4, -0.2) is 66.8 Å². The molecule has 0 radical (unpaired) electrons. The van der Waals surface area contributed by atoms with Gasteiger partial charge in [-0.3, -0.25) is 9.69 Å². The molecule has 0 unspecified atom stereocenters. The molecule has 0 bridgehead atoms. The van der Waals surface area contributed by atoms with Gasteiger partial charge in [0, 0.05) is 51.2 Å². The van der Waals surface area contributed by atoms with Crippen LogP contribution in [0.2, 0.25) is 0 Å². The third-order valence-corrected chi connectivity index (χ3v) is 4.65. The van der Waals surface area contributed by atoms with Crippen molar-refractivity contribution in [3.05, 3.63) is 23.8 Å². The zero-order chi connectivity index (χ0) is 20.1. The number of hydrogen-bond donors (Lipinski definition) is 2. The van der Waals surface area contributed by atoms with Crippen molar-refractivity contribution < 1.29 is 19.1 Å². The molecular formula is C20H30N4O4. The average molecular weight is 390 g/mol. The maximum absolute atomic E-state index is 12.3. The van der Waals surface area contributed by atoms with E-state index in [1.165, 1.54) is 5.56 Å². The molecule has 154 valence electrons. The fourth-order valence-corrected chi connectivity index (χ4v) is 3.28. The number of urea groups is 1. The number of carbonyl (C=O) groups excluding carboxylic acids is 2. The molecule has 1 aromatic rings. The van der Waals surface area contributed by atoms with Gasteiger partial charge in [0.15, 0.2) is 11.5 Å². The molecule has 1 saturated heterocycles. The lowest BCUT2D eigenvalue weighted by Gasteiger charge is -2.34. The number of amides is 3. The molecule has 1 fully saturated rings. The summed E-state index contributed by atoms with van der Waals surface area (Å²) in [6, 6.07) is 5.91. The lowest BCUT2D eigenvalue weighted by atomic mass is 10.1. The van der Waals surface area contributed by atoms with Crippen molar-refractivity contribution in [2.75, 3.05) is 39.5 Å². The number of fused-ring (bicyclic) bond motifs is 1. The number of hydrogen-bond acceptors (Lipinski definition) is 5. The summed E-state index contributed by atoms with van der Waals surface area (Å²) in [5, 5.41) is 5.73. The Morgan fingerprint density at radius 1 is 1.07 bits per heavy atom. The highest BCUT2D eigenvalue weighted by atomic mass is 16.7. The minimum absolute atomic E-state index is 0.0543. The molecule has 2 aliphatic rings. The van der Waals surface area contributed by atoms with E-state index >= 15 is 0 Å². The first kappa shape index (κ1) is 20.3. The predicted octanol–water partition coefficient (Wildman–Crippen LogP) is 1.55. The molecule has 3 amide bonds. The molecule has 8 nitrogen and oxygen atoms in total. The van der Waals surface area contributed by atoms with Gasteiger partial charge in [0.1, 0.15) is 0 Å². The first-order chi connectivity index (χ1) is 13.3. The summed E-state index contributed by atoms with van der Waals surface area (Å²) >= 11 is 0. The molecule has 2 N–H and O–H groups in total. The van der Waals surface area contributed by atoms with Crippen LogP contribution in [0.5, 0.6) is 11.5 Å². The first-order valence-electron chi connectivity index (χ1n) is 9.75. The van der Waals surface area contributed by atoms with Gasteiger partial charge < -0.3 is 25.0 Å². The van der Waals surface area contributed by atoms with Crippen LogP contribution in [0.4, 0.5) is 4.79 Å². The second-order valence-electron chi connectivity index (χ2n) is 8.23. The number of carbonyl (C=O) groups is 2. The number of nitrogens with one attached hydrogen (secondary N) is 2. The van der Waals surface area contributed by atoms with Crippen molar-refractivity contribution in [2.45, 2.75) is 39.3 Å². The third-order valence-electron chi connectivity index (χ3n) is 4.65. The van der Waals surface area contributed by atoms with E-state index in [1.54, 1.807) is 4.90 Å². The van der Waals surface area contributed by atoms with E-state index in [0.29, 0.717) is 19.6 Å². The average Bonchev–Trinajstić information content (AvgIpc) is 3.08. The molecular weight excluding hydrogens is 360 g/mol. The predicted molar refractivity (Wildman–Crippen MR) is 105 cm³/mol. The van der Waals surface area contributed by atoms with Crippen LogP contribution >= 0.6 is 0 Å². The van der Waals surface area contributed by atoms with Gasteiger partial charge in [-0.15, -0.1) is 0 Å². The van der Waals surface area contributed by atoms with Gasteiger partial charge in [0.25, 0.3) is 0 Å². The fraction of sp³-hybridized carbons (Fsp3) is 0.600. The Labute approximate surface area is 166 Å². The number of piperazine rings is 1. The minimum Gasteiger partial charge on any atom is -0.454 e. The summed E-state index contributed by atoms with van der Waals surface area (Å²) in [5.74, 6) is 1.54. The minimum atomic E-state index is -0.255. The van der Waals surface area contributed by atoms with Gasteiger partial charge in [0.2, 0.25) is 12.7 Å². The van der Waals surface area contributed by atoms with Gasteiger partial charge >= 0.3 is 6.03 Å². The molecule has 0 spiro atoms. The Kier molecular flexibility index (Phi) is 6.28. The lowest BCUT2D eigenvalue weighted by molar-refractivity contribution is -0.122. The van der Waals surface area contributed by atoms with Crippen LogP contribution in [0.1, 0.15) is 32.8 Å². The highest BCUT2D eigenvalue weighted by Crippen LogP contribution is 2.32. The summed E-state index contributed by atoms with van der Waals surface area (Å²) in [5.41, 5.74) is 0.919. The van der Waals surface area contributed by atoms with Gasteiger partial charge in [-0.25, -0.2) is 4.79 Å². The SMILES string of the molecule is CC(C)(C)NC(=O)CCNC(=O)N1CCN(Cc2ccc3c(c2)OCO3)CC1. The van der Waals surface area contributed by atoms with E-state index in [-0.39, 0.29) is 30.7 Å². The van der Waals surface area contributed by atoms with Crippen molar-refractivity contribution in [1.82, 2.24) is 20.4 Å². The largest absolute Gasteiger partial charge is 0.454 e. The summed E-state index contributed by atoms with van der Waals surface area (Å²) < 4.78 is 10.8. The Morgan fingerprint density at radius 3 is 2.50 bits per heavy atom. The number of benzene rings is 1. The molecule has 0 aromatic heterocycles. The van der Waals surface area contributed by atoms with E-state index in [4.69, 9.17) is 9.47 Å². The first-order valence-corrected chi connectivity index (χ1v) is 9.75. The van der Waals surface area contributed by atoms with Crippen molar-refractivity contribution in [3.8, 4) is 11.5 Å². The number of ether oxygens (including phenoxy) is 2. The monoisotopic (exact) mass is 390 g/mol. The molecule has 1 aromatic carbocycles. The van der Waals surface area contributed by atoms with Gasteiger partial charge in [-0.2, -0.15) is 0 Å². The van der Waals surface area contributed by atoms with Crippen LogP contribution in [0, 0.1) is 0 Å². The Bertz CT molecular complexity index is 709. The van der Waals surface area contributed by atoms with E-state index in [0.717, 1.165) is 31.1 Å². The van der Waals surface area contributed by atoms with E-state index in [2.05, 4.69) is 21.6 Å². The summed E-state index contributed by atoms with van der Waals surface area (Å²) in [6.45, 7) is 10.2. The molecule has 28 heavy (non-hydrogen) atoms. The van der Waals surface area contributed by atoms with Crippen molar-refractivity contribution in [1.29, 1.82) is 0 Å². The Balaban J connectivity index is 1.36. The second kappa shape index (κ2) is 8.68. The second-order valence-corrected chi connectivity index (χ2v) is 8.23. The van der Waals surface area contributed by atoms with Crippen molar-refractivity contribution in [2.24, 2.45) is 0 Å². The van der Waals surface area contributed by atoms with E-state index in [1.807, 2.05) is 32.9 Å². The standard InChI is InChI=1S/C20H30N4O4/c1-20(2,3)22-18(25)6-7-21-19(26)24-10-8-23(9-11-24)13-15-4-5-16-17(12-15)28-14-27-16/h4-5,12H,6-11,13-14H2,1-3H3,(H,21,26)(H,22,25). The van der Waals surface area contributed by atoms with E-state index < -0.39 is 0 Å². The molecule has 3 rings (SSSR count). The van der Waals surface area contributed by atoms with Crippen LogP contribution in [0.15, 0.2) is 18.2 Å². The molecule has 8 heteroatoms. The van der Waals surface area contributed by atoms with Gasteiger partial charge in [-0.1, -0.05) is 6.07 Å². The smallest absolute Gasteiger partial charge is 0.317 e. The fourth-order valence-electron chi connectivity index (χ4n) is 3.28. The van der Waals surface area contributed by atoms with Crippen LogP contribution in [-0.2, 0) is 11.3 Å². The zero-order valence-electron chi connectivity index (χ0n) is 16.9. The third kappa shape index (κ3) is 5.76. The van der Waals surface area contributed by atoms with Crippen LogP contribution < -0.4 is 20.1 Å². The molecule has 2 aliphatic heterocycles. The topological polar surface area (TPSA) is 83.1 Å². The number of nitrogens with zero attached hydrogens (tertiary/aromatic N) is 2. The zero-order valence-corrected chi connectivity index (χ0v) is 16.9. The van der Waals surface area contributed by atoms with Gasteiger partial charge in [-0.05, 0) is 38.5 Å². The summed E-state index contributed by atoms with van der Waals surface area (Å²) in [7, 11) is 0.